The van der Waals surface area contributed by atoms with E-state index in [0.29, 0.717) is 0 Å². The molecular formula is C12H24N2S. The van der Waals surface area contributed by atoms with Crippen LogP contribution in [0.25, 0.3) is 0 Å². The molecule has 1 aliphatic heterocycles. The van der Waals surface area contributed by atoms with Gasteiger partial charge in [-0.1, -0.05) is 6.42 Å². The van der Waals surface area contributed by atoms with E-state index in [1.807, 2.05) is 11.8 Å². The first-order chi connectivity index (χ1) is 7.40. The highest BCUT2D eigenvalue weighted by Crippen LogP contribution is 2.27. The van der Waals surface area contributed by atoms with Gasteiger partial charge in [0.25, 0.3) is 0 Å². The van der Waals surface area contributed by atoms with Crippen LogP contribution in [0.3, 0.4) is 0 Å². The first kappa shape index (κ1) is 11.7. The third kappa shape index (κ3) is 3.97. The molecular weight excluding hydrogens is 204 g/mol. The molecule has 0 radical (unpaired) electrons. The molecule has 0 aromatic heterocycles. The van der Waals surface area contributed by atoms with Gasteiger partial charge in [0, 0.05) is 30.9 Å². The van der Waals surface area contributed by atoms with Gasteiger partial charge in [0.1, 0.15) is 0 Å². The van der Waals surface area contributed by atoms with Crippen LogP contribution in [-0.4, -0.2) is 48.6 Å². The van der Waals surface area contributed by atoms with E-state index < -0.39 is 0 Å². The van der Waals surface area contributed by atoms with Crippen molar-refractivity contribution in [2.45, 2.75) is 44.2 Å². The maximum atomic E-state index is 3.66. The lowest BCUT2D eigenvalue weighted by Crippen LogP contribution is -2.45. The van der Waals surface area contributed by atoms with Crippen molar-refractivity contribution >= 4 is 11.8 Å². The van der Waals surface area contributed by atoms with Crippen molar-refractivity contribution in [3.63, 3.8) is 0 Å². The maximum absolute atomic E-state index is 3.66. The smallest absolute Gasteiger partial charge is 0.0195 e. The fourth-order valence-corrected chi connectivity index (χ4v) is 2.85. The van der Waals surface area contributed by atoms with Crippen LogP contribution in [-0.2, 0) is 0 Å². The van der Waals surface area contributed by atoms with Crippen molar-refractivity contribution in [2.75, 3.05) is 31.6 Å². The van der Waals surface area contributed by atoms with E-state index in [0.717, 1.165) is 12.1 Å². The Labute approximate surface area is 98.2 Å². The number of piperidine rings is 1. The van der Waals surface area contributed by atoms with Gasteiger partial charge < -0.3 is 5.32 Å². The van der Waals surface area contributed by atoms with E-state index in [2.05, 4.69) is 16.5 Å². The van der Waals surface area contributed by atoms with E-state index in [4.69, 9.17) is 0 Å². The Morgan fingerprint density at radius 1 is 1.27 bits per heavy atom. The zero-order chi connectivity index (χ0) is 10.5. The van der Waals surface area contributed by atoms with Gasteiger partial charge in [-0.25, -0.2) is 0 Å². The fraction of sp³-hybridized carbons (Fsp3) is 1.00. The summed E-state index contributed by atoms with van der Waals surface area (Å²) in [6.45, 7) is 3.83. The molecule has 1 atom stereocenters. The van der Waals surface area contributed by atoms with Gasteiger partial charge >= 0.3 is 0 Å². The molecule has 1 saturated heterocycles. The van der Waals surface area contributed by atoms with Crippen molar-refractivity contribution in [1.82, 2.24) is 10.2 Å². The monoisotopic (exact) mass is 228 g/mol. The average Bonchev–Trinajstić information content (AvgIpc) is 3.09. The van der Waals surface area contributed by atoms with Crippen molar-refractivity contribution in [2.24, 2.45) is 0 Å². The molecule has 1 saturated carbocycles. The first-order valence-electron chi connectivity index (χ1n) is 6.36. The number of thioether (sulfide) groups is 1. The number of nitrogens with one attached hydrogen (secondary N) is 1. The molecule has 1 heterocycles. The zero-order valence-corrected chi connectivity index (χ0v) is 10.7. The highest BCUT2D eigenvalue weighted by atomic mass is 32.2. The lowest BCUT2D eigenvalue weighted by Gasteiger charge is -2.30. The lowest BCUT2D eigenvalue weighted by atomic mass is 10.0. The number of hydrogen-bond donors (Lipinski definition) is 1. The molecule has 15 heavy (non-hydrogen) atoms. The molecule has 3 heteroatoms. The quantitative estimate of drug-likeness (QED) is 0.748. The van der Waals surface area contributed by atoms with Crippen molar-refractivity contribution in [1.29, 1.82) is 0 Å². The van der Waals surface area contributed by atoms with Gasteiger partial charge in [-0.15, -0.1) is 0 Å². The summed E-state index contributed by atoms with van der Waals surface area (Å²) in [4.78, 5) is 2.72. The summed E-state index contributed by atoms with van der Waals surface area (Å²) in [5.74, 6) is 1.29. The molecule has 2 nitrogen and oxygen atoms in total. The largest absolute Gasteiger partial charge is 0.313 e. The highest BCUT2D eigenvalue weighted by molar-refractivity contribution is 7.98. The number of nitrogens with zero attached hydrogens (tertiary/aromatic N) is 1. The molecule has 0 spiro atoms. The van der Waals surface area contributed by atoms with Gasteiger partial charge in [-0.3, -0.25) is 4.90 Å². The maximum Gasteiger partial charge on any atom is 0.0195 e. The van der Waals surface area contributed by atoms with Crippen LogP contribution >= 0.6 is 11.8 Å². The summed E-state index contributed by atoms with van der Waals surface area (Å²) in [5, 5.41) is 3.66. The summed E-state index contributed by atoms with van der Waals surface area (Å²) in [6.07, 6.45) is 9.30. The highest BCUT2D eigenvalue weighted by Gasteiger charge is 2.30. The Bertz CT molecular complexity index is 176. The molecule has 0 aromatic carbocycles. The summed E-state index contributed by atoms with van der Waals surface area (Å²) in [5.41, 5.74) is 0. The second-order valence-electron chi connectivity index (χ2n) is 4.87. The number of rotatable bonds is 6. The fourth-order valence-electron chi connectivity index (χ4n) is 2.43. The van der Waals surface area contributed by atoms with E-state index in [1.54, 1.807) is 0 Å². The molecule has 2 fully saturated rings. The van der Waals surface area contributed by atoms with Crippen LogP contribution < -0.4 is 5.32 Å². The van der Waals surface area contributed by atoms with E-state index in [-0.39, 0.29) is 0 Å². The Morgan fingerprint density at radius 2 is 2.13 bits per heavy atom. The van der Waals surface area contributed by atoms with E-state index >= 15 is 0 Å². The number of hydrogen-bond acceptors (Lipinski definition) is 3. The molecule has 2 rings (SSSR count). The minimum absolute atomic E-state index is 0.779. The zero-order valence-electron chi connectivity index (χ0n) is 9.87. The average molecular weight is 228 g/mol. The first-order valence-corrected chi connectivity index (χ1v) is 7.76. The van der Waals surface area contributed by atoms with Crippen molar-refractivity contribution in [3.8, 4) is 0 Å². The Morgan fingerprint density at radius 3 is 2.73 bits per heavy atom. The molecule has 2 aliphatic rings. The third-order valence-electron chi connectivity index (χ3n) is 3.51. The van der Waals surface area contributed by atoms with Gasteiger partial charge in [0.05, 0.1) is 0 Å². The van der Waals surface area contributed by atoms with Crippen molar-refractivity contribution in [3.05, 3.63) is 0 Å². The second-order valence-corrected chi connectivity index (χ2v) is 5.85. The second kappa shape index (κ2) is 6.12. The van der Waals surface area contributed by atoms with Gasteiger partial charge in [-0.05, 0) is 38.5 Å². The minimum atomic E-state index is 0.779. The summed E-state index contributed by atoms with van der Waals surface area (Å²) >= 11 is 1.98. The predicted molar refractivity (Wildman–Crippen MR) is 68.6 cm³/mol. The van der Waals surface area contributed by atoms with Crippen molar-refractivity contribution < 1.29 is 0 Å². The van der Waals surface area contributed by atoms with Gasteiger partial charge in [0.2, 0.25) is 0 Å². The molecule has 1 aliphatic carbocycles. The van der Waals surface area contributed by atoms with E-state index in [9.17, 15) is 0 Å². The third-order valence-corrected chi connectivity index (χ3v) is 4.10. The van der Waals surface area contributed by atoms with Crippen LogP contribution in [0.15, 0.2) is 0 Å². The van der Waals surface area contributed by atoms with Crippen LogP contribution in [0.1, 0.15) is 32.1 Å². The molecule has 1 N–H and O–H groups in total. The lowest BCUT2D eigenvalue weighted by molar-refractivity contribution is 0.227. The Balaban J connectivity index is 1.72. The SMILES string of the molecule is CSCCN(CC1CCCCN1)C1CC1. The topological polar surface area (TPSA) is 15.3 Å². The molecule has 1 unspecified atom stereocenters. The minimum Gasteiger partial charge on any atom is -0.313 e. The molecule has 88 valence electrons. The standard InChI is InChI=1S/C12H24N2S/c1-15-9-8-14(12-5-6-12)10-11-4-2-3-7-13-11/h11-13H,2-10H2,1H3. The predicted octanol–water partition coefficient (Wildman–Crippen LogP) is 1.96. The van der Waals surface area contributed by atoms with Gasteiger partial charge in [-0.2, -0.15) is 11.8 Å². The van der Waals surface area contributed by atoms with Gasteiger partial charge in [0.15, 0.2) is 0 Å². The van der Waals surface area contributed by atoms with Crippen LogP contribution in [0.2, 0.25) is 0 Å². The normalized spacial score (nSPS) is 27.2. The molecule has 0 amide bonds. The van der Waals surface area contributed by atoms with E-state index in [1.165, 1.54) is 57.5 Å². The Kier molecular flexibility index (Phi) is 4.79. The summed E-state index contributed by atoms with van der Waals surface area (Å²) in [7, 11) is 0. The van der Waals surface area contributed by atoms with Crippen LogP contribution in [0.4, 0.5) is 0 Å². The Hall–Kier alpha value is 0.270. The summed E-state index contributed by atoms with van der Waals surface area (Å²) in [6, 6.07) is 1.71. The molecule has 0 bridgehead atoms. The summed E-state index contributed by atoms with van der Waals surface area (Å²) < 4.78 is 0. The molecule has 0 aromatic rings. The van der Waals surface area contributed by atoms with Crippen LogP contribution in [0.5, 0.6) is 0 Å². The van der Waals surface area contributed by atoms with Crippen LogP contribution in [0, 0.1) is 0 Å².